The average Bonchev–Trinajstić information content (AvgIpc) is 2.99. The highest BCUT2D eigenvalue weighted by Gasteiger charge is 2.33. The van der Waals surface area contributed by atoms with Gasteiger partial charge in [-0.05, 0) is 87.5 Å². The van der Waals surface area contributed by atoms with Gasteiger partial charge in [0.2, 0.25) is 0 Å². The van der Waals surface area contributed by atoms with Gasteiger partial charge in [-0.25, -0.2) is 9.78 Å². The molecule has 0 spiro atoms. The Morgan fingerprint density at radius 2 is 1.61 bits per heavy atom. The number of ether oxygens (including phenoxy) is 3. The van der Waals surface area contributed by atoms with Crippen molar-refractivity contribution in [2.45, 2.75) is 32.4 Å². The molecule has 44 heavy (non-hydrogen) atoms. The van der Waals surface area contributed by atoms with Gasteiger partial charge in [0.15, 0.2) is 11.5 Å². The summed E-state index contributed by atoms with van der Waals surface area (Å²) in [5.41, 5.74) is 0.742. The standard InChI is InChI=1S/C32H32ClF3N4O4/c1-20-28(16-21-17-29(42-2)30(19-27(21)37-20)43-15-14-40-12-4-3-5-13-40)44-24-9-6-22(7-10-24)38-31(41)39-23-8-11-26(33)25(18-23)32(34,35)36/h6-11,16-19H,3-5,12-15H2,1-2H3,(H2,38,39,41). The highest BCUT2D eigenvalue weighted by Crippen LogP contribution is 2.37. The van der Waals surface area contributed by atoms with E-state index in [0.29, 0.717) is 41.0 Å². The van der Waals surface area contributed by atoms with Crippen LogP contribution in [0.2, 0.25) is 5.02 Å². The average molecular weight is 629 g/mol. The molecule has 3 aromatic carbocycles. The molecule has 0 radical (unpaired) electrons. The maximum atomic E-state index is 13.1. The van der Waals surface area contributed by atoms with Gasteiger partial charge in [0.05, 0.1) is 28.9 Å². The van der Waals surface area contributed by atoms with E-state index in [9.17, 15) is 18.0 Å². The minimum absolute atomic E-state index is 0.0498. The molecular formula is C32H32ClF3N4O4. The number of pyridine rings is 1. The summed E-state index contributed by atoms with van der Waals surface area (Å²) in [4.78, 5) is 19.5. The molecular weight excluding hydrogens is 597 g/mol. The molecule has 0 aliphatic carbocycles. The summed E-state index contributed by atoms with van der Waals surface area (Å²) in [6.07, 6.45) is -0.892. The summed E-state index contributed by atoms with van der Waals surface area (Å²) < 4.78 is 57.1. The molecule has 0 bridgehead atoms. The van der Waals surface area contributed by atoms with Crippen molar-refractivity contribution in [3.8, 4) is 23.0 Å². The van der Waals surface area contributed by atoms with E-state index >= 15 is 0 Å². The van der Waals surface area contributed by atoms with Crippen LogP contribution in [0, 0.1) is 6.92 Å². The number of hydrogen-bond acceptors (Lipinski definition) is 6. The molecule has 8 nitrogen and oxygen atoms in total. The first-order valence-electron chi connectivity index (χ1n) is 14.2. The predicted octanol–water partition coefficient (Wildman–Crippen LogP) is 8.53. The van der Waals surface area contributed by atoms with Gasteiger partial charge in [0.1, 0.15) is 18.1 Å². The Morgan fingerprint density at radius 3 is 2.32 bits per heavy atom. The molecule has 5 rings (SSSR count). The molecule has 1 aromatic heterocycles. The second-order valence-electron chi connectivity index (χ2n) is 10.4. The number of alkyl halides is 3. The second-order valence-corrected chi connectivity index (χ2v) is 10.8. The molecule has 1 aliphatic heterocycles. The van der Waals surface area contributed by atoms with E-state index in [4.69, 9.17) is 30.8 Å². The lowest BCUT2D eigenvalue weighted by atomic mass is 10.1. The SMILES string of the molecule is COc1cc2cc(Oc3ccc(NC(=O)Nc4ccc(Cl)c(C(F)(F)F)c4)cc3)c(C)nc2cc1OCCN1CCCCC1. The third kappa shape index (κ3) is 7.83. The highest BCUT2D eigenvalue weighted by atomic mass is 35.5. The van der Waals surface area contributed by atoms with E-state index in [1.807, 2.05) is 25.1 Å². The number of methoxy groups -OCH3 is 1. The van der Waals surface area contributed by atoms with Crippen LogP contribution in [0.4, 0.5) is 29.3 Å². The summed E-state index contributed by atoms with van der Waals surface area (Å²) in [5, 5.41) is 5.32. The number of nitrogens with one attached hydrogen (secondary N) is 2. The predicted molar refractivity (Wildman–Crippen MR) is 164 cm³/mol. The van der Waals surface area contributed by atoms with Crippen LogP contribution in [0.3, 0.4) is 0 Å². The lowest BCUT2D eigenvalue weighted by molar-refractivity contribution is -0.137. The minimum Gasteiger partial charge on any atom is -0.493 e. The lowest BCUT2D eigenvalue weighted by Crippen LogP contribution is -2.33. The molecule has 232 valence electrons. The van der Waals surface area contributed by atoms with Crippen molar-refractivity contribution in [3.63, 3.8) is 0 Å². The number of carbonyl (C=O) groups excluding carboxylic acids is 1. The normalized spacial score (nSPS) is 13.9. The monoisotopic (exact) mass is 628 g/mol. The fourth-order valence-corrected chi connectivity index (χ4v) is 5.17. The van der Waals surface area contributed by atoms with Gasteiger partial charge in [0.25, 0.3) is 0 Å². The largest absolute Gasteiger partial charge is 0.493 e. The summed E-state index contributed by atoms with van der Waals surface area (Å²) in [7, 11) is 1.60. The Labute approximate surface area is 258 Å². The van der Waals surface area contributed by atoms with Crippen LogP contribution >= 0.6 is 11.6 Å². The Balaban J connectivity index is 1.22. The van der Waals surface area contributed by atoms with Gasteiger partial charge < -0.3 is 24.8 Å². The number of fused-ring (bicyclic) bond motifs is 1. The van der Waals surface area contributed by atoms with E-state index in [1.165, 1.54) is 25.3 Å². The third-order valence-corrected chi connectivity index (χ3v) is 7.56. The molecule has 2 amide bonds. The van der Waals surface area contributed by atoms with Crippen molar-refractivity contribution >= 4 is 39.9 Å². The zero-order chi connectivity index (χ0) is 31.3. The van der Waals surface area contributed by atoms with Gasteiger partial charge in [-0.2, -0.15) is 13.2 Å². The number of urea groups is 1. The topological polar surface area (TPSA) is 85.0 Å². The van der Waals surface area contributed by atoms with Gasteiger partial charge in [-0.15, -0.1) is 0 Å². The number of anilines is 2. The van der Waals surface area contributed by atoms with Crippen molar-refractivity contribution in [3.05, 3.63) is 76.9 Å². The van der Waals surface area contributed by atoms with Crippen LogP contribution in [-0.4, -0.2) is 49.3 Å². The zero-order valence-electron chi connectivity index (χ0n) is 24.3. The van der Waals surface area contributed by atoms with Crippen molar-refractivity contribution in [1.82, 2.24) is 9.88 Å². The van der Waals surface area contributed by atoms with Crippen LogP contribution in [0.15, 0.2) is 60.7 Å². The smallest absolute Gasteiger partial charge is 0.417 e. The lowest BCUT2D eigenvalue weighted by Gasteiger charge is -2.26. The van der Waals surface area contributed by atoms with E-state index in [2.05, 4.69) is 15.5 Å². The summed E-state index contributed by atoms with van der Waals surface area (Å²) >= 11 is 5.64. The first-order chi connectivity index (χ1) is 21.1. The molecule has 0 unspecified atom stereocenters. The molecule has 0 atom stereocenters. The molecule has 2 N–H and O–H groups in total. The van der Waals surface area contributed by atoms with Crippen LogP contribution in [0.25, 0.3) is 10.9 Å². The van der Waals surface area contributed by atoms with Crippen molar-refractivity contribution < 1.29 is 32.2 Å². The maximum absolute atomic E-state index is 13.1. The quantitative estimate of drug-likeness (QED) is 0.193. The number of carbonyl (C=O) groups is 1. The second kappa shape index (κ2) is 13.6. The van der Waals surface area contributed by atoms with E-state index in [0.717, 1.165) is 42.7 Å². The molecule has 12 heteroatoms. The minimum atomic E-state index is -4.64. The molecule has 0 saturated carbocycles. The van der Waals surface area contributed by atoms with E-state index in [1.54, 1.807) is 31.4 Å². The van der Waals surface area contributed by atoms with Crippen LogP contribution in [0.1, 0.15) is 30.5 Å². The number of likely N-dealkylation sites (tertiary alicyclic amines) is 1. The maximum Gasteiger partial charge on any atom is 0.417 e. The number of benzene rings is 3. The third-order valence-electron chi connectivity index (χ3n) is 7.23. The molecule has 1 aliphatic rings. The number of aromatic nitrogens is 1. The Hall–Kier alpha value is -4.22. The first-order valence-corrected chi connectivity index (χ1v) is 14.5. The number of amides is 2. The van der Waals surface area contributed by atoms with Crippen LogP contribution < -0.4 is 24.8 Å². The van der Waals surface area contributed by atoms with Gasteiger partial charge in [0, 0.05) is 29.4 Å². The number of rotatable bonds is 9. The molecule has 4 aromatic rings. The van der Waals surface area contributed by atoms with Crippen LogP contribution in [-0.2, 0) is 6.18 Å². The van der Waals surface area contributed by atoms with Gasteiger partial charge in [-0.3, -0.25) is 4.90 Å². The fourth-order valence-electron chi connectivity index (χ4n) is 4.95. The highest BCUT2D eigenvalue weighted by molar-refractivity contribution is 6.31. The number of aryl methyl sites for hydroxylation is 1. The van der Waals surface area contributed by atoms with E-state index < -0.39 is 22.8 Å². The molecule has 1 fully saturated rings. The summed E-state index contributed by atoms with van der Waals surface area (Å²) in [6, 6.07) is 14.6. The van der Waals surface area contributed by atoms with E-state index in [-0.39, 0.29) is 5.69 Å². The summed E-state index contributed by atoms with van der Waals surface area (Å²) in [5.74, 6) is 2.29. The number of piperidine rings is 1. The van der Waals surface area contributed by atoms with Gasteiger partial charge >= 0.3 is 12.2 Å². The Kier molecular flexibility index (Phi) is 9.65. The van der Waals surface area contributed by atoms with Crippen LogP contribution in [0.5, 0.6) is 23.0 Å². The van der Waals surface area contributed by atoms with Crippen molar-refractivity contribution in [2.75, 3.05) is 44.0 Å². The Morgan fingerprint density at radius 1 is 0.932 bits per heavy atom. The first kappa shape index (κ1) is 31.2. The fraction of sp³-hybridized carbons (Fsp3) is 0.312. The van der Waals surface area contributed by atoms with Crippen molar-refractivity contribution in [1.29, 1.82) is 0 Å². The summed E-state index contributed by atoms with van der Waals surface area (Å²) in [6.45, 7) is 5.49. The zero-order valence-corrected chi connectivity index (χ0v) is 25.0. The van der Waals surface area contributed by atoms with Gasteiger partial charge in [-0.1, -0.05) is 18.0 Å². The Bertz CT molecular complexity index is 1630. The molecule has 1 saturated heterocycles. The van der Waals surface area contributed by atoms with Crippen molar-refractivity contribution in [2.24, 2.45) is 0 Å². The molecule has 2 heterocycles. The number of nitrogens with zero attached hydrogens (tertiary/aromatic N) is 2. The number of hydrogen-bond donors (Lipinski definition) is 2. The number of halogens is 4.